The van der Waals surface area contributed by atoms with Crippen molar-refractivity contribution in [3.05, 3.63) is 0 Å². The highest BCUT2D eigenvalue weighted by Crippen LogP contribution is 2.06. The van der Waals surface area contributed by atoms with Gasteiger partial charge in [-0.25, -0.2) is 13.1 Å². The Balaban J connectivity index is 2.10. The normalized spacial score (nSPS) is 17.8. The summed E-state index contributed by atoms with van der Waals surface area (Å²) in [7, 11) is -3.50. The van der Waals surface area contributed by atoms with Crippen molar-refractivity contribution in [2.75, 3.05) is 32.0 Å². The van der Waals surface area contributed by atoms with Crippen LogP contribution in [0.15, 0.2) is 0 Å². The molecule has 0 spiro atoms. The minimum absolute atomic E-state index is 0.186. The second kappa shape index (κ2) is 7.67. The highest BCUT2D eigenvalue weighted by atomic mass is 32.2. The van der Waals surface area contributed by atoms with Crippen LogP contribution in [0.3, 0.4) is 0 Å². The number of carboxylic acid groups (broad SMARTS) is 1. The van der Waals surface area contributed by atoms with E-state index in [9.17, 15) is 13.2 Å². The molecule has 1 heterocycles. The summed E-state index contributed by atoms with van der Waals surface area (Å²) < 4.78 is 30.5. The maximum absolute atomic E-state index is 11.3. The summed E-state index contributed by atoms with van der Waals surface area (Å²) in [6.45, 7) is 2.35. The van der Waals surface area contributed by atoms with Crippen molar-refractivity contribution in [1.29, 1.82) is 0 Å². The Morgan fingerprint density at radius 2 is 2.06 bits per heavy atom. The third-order valence-corrected chi connectivity index (χ3v) is 4.03. The van der Waals surface area contributed by atoms with Gasteiger partial charge in [0.05, 0.1) is 24.9 Å². The number of carboxylic acids is 1. The largest absolute Gasteiger partial charge is 0.481 e. The summed E-state index contributed by atoms with van der Waals surface area (Å²) in [6.07, 6.45) is 1.68. The molecule has 0 unspecified atom stereocenters. The lowest BCUT2D eigenvalue weighted by atomic mass is 10.1. The molecule has 1 aliphatic heterocycles. The number of ether oxygens (including phenoxy) is 1. The molecular formula is C10H20N2O5S. The third-order valence-electron chi connectivity index (χ3n) is 2.65. The van der Waals surface area contributed by atoms with Crippen LogP contribution in [-0.4, -0.2) is 57.6 Å². The average molecular weight is 280 g/mol. The lowest BCUT2D eigenvalue weighted by Crippen LogP contribution is -2.35. The second-order valence-electron chi connectivity index (χ2n) is 4.18. The molecule has 106 valence electrons. The number of hydrogen-bond acceptors (Lipinski definition) is 5. The zero-order valence-electron chi connectivity index (χ0n) is 10.2. The van der Waals surface area contributed by atoms with E-state index < -0.39 is 21.7 Å². The molecule has 0 amide bonds. The van der Waals surface area contributed by atoms with Crippen molar-refractivity contribution in [3.8, 4) is 0 Å². The van der Waals surface area contributed by atoms with Crippen LogP contribution in [0.25, 0.3) is 0 Å². The predicted octanol–water partition coefficient (Wildman–Crippen LogP) is -0.851. The van der Waals surface area contributed by atoms with Crippen LogP contribution in [0.4, 0.5) is 0 Å². The maximum atomic E-state index is 11.3. The first-order valence-electron chi connectivity index (χ1n) is 6.01. The Labute approximate surface area is 107 Å². The van der Waals surface area contributed by atoms with Crippen LogP contribution < -0.4 is 10.0 Å². The third kappa shape index (κ3) is 6.90. The summed E-state index contributed by atoms with van der Waals surface area (Å²) >= 11 is 0. The van der Waals surface area contributed by atoms with E-state index in [1.54, 1.807) is 0 Å². The van der Waals surface area contributed by atoms with Crippen molar-refractivity contribution in [1.82, 2.24) is 10.0 Å². The van der Waals surface area contributed by atoms with Crippen molar-refractivity contribution < 1.29 is 23.1 Å². The predicted molar refractivity (Wildman–Crippen MR) is 65.9 cm³/mol. The van der Waals surface area contributed by atoms with Gasteiger partial charge in [0.15, 0.2) is 0 Å². The summed E-state index contributed by atoms with van der Waals surface area (Å²) in [6, 6.07) is 0. The monoisotopic (exact) mass is 280 g/mol. The highest BCUT2D eigenvalue weighted by Gasteiger charge is 2.14. The van der Waals surface area contributed by atoms with Gasteiger partial charge < -0.3 is 15.2 Å². The van der Waals surface area contributed by atoms with Crippen LogP contribution in [0.1, 0.15) is 19.3 Å². The first-order chi connectivity index (χ1) is 8.49. The van der Waals surface area contributed by atoms with Crippen LogP contribution >= 0.6 is 0 Å². The van der Waals surface area contributed by atoms with E-state index >= 15 is 0 Å². The zero-order valence-corrected chi connectivity index (χ0v) is 11.0. The molecule has 0 aromatic heterocycles. The Morgan fingerprint density at radius 3 is 2.67 bits per heavy atom. The van der Waals surface area contributed by atoms with E-state index in [-0.39, 0.29) is 19.1 Å². The van der Waals surface area contributed by atoms with Crippen molar-refractivity contribution in [2.24, 2.45) is 0 Å². The summed E-state index contributed by atoms with van der Waals surface area (Å²) in [5, 5.41) is 11.6. The van der Waals surface area contributed by atoms with E-state index in [1.165, 1.54) is 0 Å². The zero-order chi connectivity index (χ0) is 13.4. The van der Waals surface area contributed by atoms with Crippen LogP contribution in [0.2, 0.25) is 0 Å². The SMILES string of the molecule is O=C(O)CCS(=O)(=O)NCCOC1CCNCC1. The van der Waals surface area contributed by atoms with Gasteiger partial charge in [0, 0.05) is 6.54 Å². The van der Waals surface area contributed by atoms with Crippen molar-refractivity contribution >= 4 is 16.0 Å². The molecule has 1 rings (SSSR count). The van der Waals surface area contributed by atoms with Gasteiger partial charge in [0.1, 0.15) is 0 Å². The van der Waals surface area contributed by atoms with E-state index in [4.69, 9.17) is 9.84 Å². The minimum atomic E-state index is -3.50. The number of piperidine rings is 1. The molecule has 0 bridgehead atoms. The summed E-state index contributed by atoms with van der Waals surface area (Å²) in [5.41, 5.74) is 0. The molecule has 0 atom stereocenters. The average Bonchev–Trinajstić information content (AvgIpc) is 2.34. The molecule has 0 aliphatic carbocycles. The number of hydrogen-bond donors (Lipinski definition) is 3. The van der Waals surface area contributed by atoms with Crippen LogP contribution in [0, 0.1) is 0 Å². The van der Waals surface area contributed by atoms with Gasteiger partial charge in [0.25, 0.3) is 0 Å². The maximum Gasteiger partial charge on any atom is 0.304 e. The van der Waals surface area contributed by atoms with E-state index in [2.05, 4.69) is 10.0 Å². The fourth-order valence-corrected chi connectivity index (χ4v) is 2.66. The van der Waals surface area contributed by atoms with E-state index in [1.807, 2.05) is 0 Å². The second-order valence-corrected chi connectivity index (χ2v) is 6.10. The number of aliphatic carboxylic acids is 1. The molecular weight excluding hydrogens is 260 g/mol. The summed E-state index contributed by atoms with van der Waals surface area (Å²) in [5.74, 6) is -1.51. The fourth-order valence-electron chi connectivity index (χ4n) is 1.68. The van der Waals surface area contributed by atoms with Gasteiger partial charge in [-0.15, -0.1) is 0 Å². The first kappa shape index (κ1) is 15.4. The van der Waals surface area contributed by atoms with E-state index in [0.717, 1.165) is 25.9 Å². The van der Waals surface area contributed by atoms with Crippen LogP contribution in [0.5, 0.6) is 0 Å². The number of rotatable bonds is 8. The number of nitrogens with one attached hydrogen (secondary N) is 2. The first-order valence-corrected chi connectivity index (χ1v) is 7.66. The fraction of sp³-hybridized carbons (Fsp3) is 0.900. The lowest BCUT2D eigenvalue weighted by molar-refractivity contribution is -0.136. The van der Waals surface area contributed by atoms with Gasteiger partial charge in [-0.3, -0.25) is 4.79 Å². The molecule has 7 nitrogen and oxygen atoms in total. The molecule has 1 saturated heterocycles. The van der Waals surface area contributed by atoms with Gasteiger partial charge in [0.2, 0.25) is 10.0 Å². The van der Waals surface area contributed by atoms with E-state index in [0.29, 0.717) is 6.61 Å². The minimum Gasteiger partial charge on any atom is -0.481 e. The quantitative estimate of drug-likeness (QED) is 0.500. The topological polar surface area (TPSA) is 105 Å². The molecule has 3 N–H and O–H groups in total. The molecule has 8 heteroatoms. The Morgan fingerprint density at radius 1 is 1.39 bits per heavy atom. The molecule has 1 aliphatic rings. The molecule has 0 aromatic carbocycles. The van der Waals surface area contributed by atoms with Crippen molar-refractivity contribution in [2.45, 2.75) is 25.4 Å². The molecule has 1 fully saturated rings. The molecule has 0 aromatic rings. The molecule has 0 saturated carbocycles. The highest BCUT2D eigenvalue weighted by molar-refractivity contribution is 7.89. The molecule has 0 radical (unpaired) electrons. The van der Waals surface area contributed by atoms with Gasteiger partial charge in [-0.05, 0) is 25.9 Å². The standard InChI is InChI=1S/C10H20N2O5S/c13-10(14)3-8-18(15,16)12-6-7-17-9-1-4-11-5-2-9/h9,11-12H,1-8H2,(H,13,14). The Hall–Kier alpha value is -0.700. The van der Waals surface area contributed by atoms with Gasteiger partial charge in [-0.2, -0.15) is 0 Å². The Bertz CT molecular complexity index is 351. The van der Waals surface area contributed by atoms with Gasteiger partial charge >= 0.3 is 5.97 Å². The summed E-state index contributed by atoms with van der Waals surface area (Å²) in [4.78, 5) is 10.3. The number of carbonyl (C=O) groups is 1. The Kier molecular flexibility index (Phi) is 6.55. The van der Waals surface area contributed by atoms with Crippen LogP contribution in [-0.2, 0) is 19.6 Å². The van der Waals surface area contributed by atoms with Gasteiger partial charge in [-0.1, -0.05) is 0 Å². The number of sulfonamides is 1. The lowest BCUT2D eigenvalue weighted by Gasteiger charge is -2.22. The van der Waals surface area contributed by atoms with Crippen molar-refractivity contribution in [3.63, 3.8) is 0 Å². The smallest absolute Gasteiger partial charge is 0.304 e. The molecule has 18 heavy (non-hydrogen) atoms.